The molecule has 0 N–H and O–H groups in total. The molecule has 2 unspecified atom stereocenters. The zero-order valence-corrected chi connectivity index (χ0v) is 11.8. The van der Waals surface area contributed by atoms with E-state index in [-0.39, 0.29) is 11.9 Å². The number of halogens is 3. The first-order valence-corrected chi connectivity index (χ1v) is 6.84. The van der Waals surface area contributed by atoms with Crippen molar-refractivity contribution in [2.45, 2.75) is 38.8 Å². The largest absolute Gasteiger partial charge is 0.296 e. The lowest BCUT2D eigenvalue weighted by molar-refractivity contribution is -0.0181. The van der Waals surface area contributed by atoms with Crippen molar-refractivity contribution in [1.82, 2.24) is 9.80 Å². The van der Waals surface area contributed by atoms with Gasteiger partial charge in [-0.2, -0.15) is 0 Å². The zero-order chi connectivity index (χ0) is 14.4. The Balaban J connectivity index is 0.000000861. The van der Waals surface area contributed by atoms with E-state index in [1.165, 1.54) is 12.2 Å². The van der Waals surface area contributed by atoms with E-state index in [4.69, 9.17) is 0 Å². The maximum atomic E-state index is 12.8. The molecule has 0 bridgehead atoms. The lowest BCUT2D eigenvalue weighted by Crippen LogP contribution is -2.56. The average Bonchev–Trinajstić information content (AvgIpc) is 2.42. The molecule has 5 heteroatoms. The Labute approximate surface area is 113 Å². The minimum Gasteiger partial charge on any atom is -0.296 e. The summed E-state index contributed by atoms with van der Waals surface area (Å²) in [7, 11) is 1.73. The van der Waals surface area contributed by atoms with Crippen LogP contribution >= 0.6 is 0 Å². The van der Waals surface area contributed by atoms with Gasteiger partial charge in [-0.1, -0.05) is 19.9 Å². The van der Waals surface area contributed by atoms with Gasteiger partial charge in [0.1, 0.15) is 5.83 Å². The van der Waals surface area contributed by atoms with E-state index in [9.17, 15) is 13.2 Å². The number of rotatable bonds is 2. The van der Waals surface area contributed by atoms with Crippen molar-refractivity contribution in [2.24, 2.45) is 0 Å². The SMILES string of the molecule is CC.CN1CCN(C2C=CC(F)=CC2)CC1C(F)F. The van der Waals surface area contributed by atoms with Crippen LogP contribution in [0.2, 0.25) is 0 Å². The van der Waals surface area contributed by atoms with Crippen molar-refractivity contribution < 1.29 is 13.2 Å². The Kier molecular flexibility index (Phi) is 6.58. The first-order valence-electron chi connectivity index (χ1n) is 6.84. The smallest absolute Gasteiger partial charge is 0.255 e. The van der Waals surface area contributed by atoms with Gasteiger partial charge in [-0.25, -0.2) is 13.2 Å². The molecule has 110 valence electrons. The lowest BCUT2D eigenvalue weighted by Gasteiger charge is -2.42. The van der Waals surface area contributed by atoms with Crippen LogP contribution in [0.5, 0.6) is 0 Å². The highest BCUT2D eigenvalue weighted by Crippen LogP contribution is 2.21. The maximum absolute atomic E-state index is 12.8. The molecule has 0 radical (unpaired) electrons. The number of nitrogens with zero attached hydrogens (tertiary/aromatic N) is 2. The molecule has 2 atom stereocenters. The van der Waals surface area contributed by atoms with E-state index in [2.05, 4.69) is 0 Å². The van der Waals surface area contributed by atoms with E-state index in [1.54, 1.807) is 18.0 Å². The van der Waals surface area contributed by atoms with Gasteiger partial charge in [0, 0.05) is 25.7 Å². The standard InChI is InChI=1S/C12H17F3N2.C2H6/c1-16-6-7-17(8-11(16)12(14)15)10-4-2-9(13)3-5-10;1-2/h2-4,10-12H,5-8H2,1H3;1-2H3. The quantitative estimate of drug-likeness (QED) is 0.765. The van der Waals surface area contributed by atoms with Gasteiger partial charge in [-0.3, -0.25) is 9.80 Å². The van der Waals surface area contributed by atoms with E-state index in [0.29, 0.717) is 19.5 Å². The van der Waals surface area contributed by atoms with Crippen molar-refractivity contribution >= 4 is 0 Å². The van der Waals surface area contributed by atoms with E-state index in [1.807, 2.05) is 18.7 Å². The first kappa shape index (κ1) is 16.2. The highest BCUT2D eigenvalue weighted by Gasteiger charge is 2.33. The first-order chi connectivity index (χ1) is 9.08. The molecule has 2 aliphatic rings. The van der Waals surface area contributed by atoms with Crippen LogP contribution in [0, 0.1) is 0 Å². The topological polar surface area (TPSA) is 6.48 Å². The van der Waals surface area contributed by atoms with Crippen molar-refractivity contribution in [2.75, 3.05) is 26.7 Å². The lowest BCUT2D eigenvalue weighted by atomic mass is 10.0. The van der Waals surface area contributed by atoms with E-state index in [0.717, 1.165) is 6.54 Å². The number of allylic oxidation sites excluding steroid dienone is 2. The minimum absolute atomic E-state index is 0.0597. The van der Waals surface area contributed by atoms with Gasteiger partial charge in [0.2, 0.25) is 0 Å². The van der Waals surface area contributed by atoms with E-state index >= 15 is 0 Å². The normalized spacial score (nSPS) is 28.9. The molecular formula is C14H23F3N2. The molecule has 0 spiro atoms. The highest BCUT2D eigenvalue weighted by atomic mass is 19.3. The van der Waals surface area contributed by atoms with Crippen LogP contribution in [0.25, 0.3) is 0 Å². The number of piperazine rings is 1. The second-order valence-electron chi connectivity index (χ2n) is 4.63. The van der Waals surface area contributed by atoms with Gasteiger partial charge in [0.05, 0.1) is 6.04 Å². The van der Waals surface area contributed by atoms with Crippen LogP contribution in [0.15, 0.2) is 24.1 Å². The summed E-state index contributed by atoms with van der Waals surface area (Å²) in [5, 5.41) is 0. The van der Waals surface area contributed by atoms with Crippen molar-refractivity contribution in [3.8, 4) is 0 Å². The highest BCUT2D eigenvalue weighted by molar-refractivity contribution is 5.19. The van der Waals surface area contributed by atoms with Crippen LogP contribution < -0.4 is 0 Å². The molecular weight excluding hydrogens is 253 g/mol. The molecule has 1 heterocycles. The minimum atomic E-state index is -2.33. The molecule has 1 aliphatic heterocycles. The molecule has 1 saturated heterocycles. The summed E-state index contributed by atoms with van der Waals surface area (Å²) in [6, 6.07) is -0.655. The summed E-state index contributed by atoms with van der Waals surface area (Å²) in [5.41, 5.74) is 0. The number of hydrogen-bond donors (Lipinski definition) is 0. The molecule has 2 rings (SSSR count). The Morgan fingerprint density at radius 3 is 2.47 bits per heavy atom. The van der Waals surface area contributed by atoms with Crippen LogP contribution in [-0.4, -0.2) is 55.0 Å². The van der Waals surface area contributed by atoms with Crippen LogP contribution in [0.3, 0.4) is 0 Å². The van der Waals surface area contributed by atoms with Gasteiger partial charge in [0.15, 0.2) is 0 Å². The average molecular weight is 276 g/mol. The van der Waals surface area contributed by atoms with E-state index < -0.39 is 12.5 Å². The second kappa shape index (κ2) is 7.70. The molecule has 1 aliphatic carbocycles. The molecule has 19 heavy (non-hydrogen) atoms. The molecule has 0 amide bonds. The monoisotopic (exact) mass is 276 g/mol. The fourth-order valence-electron chi connectivity index (χ4n) is 2.35. The molecule has 2 nitrogen and oxygen atoms in total. The fourth-order valence-corrected chi connectivity index (χ4v) is 2.35. The van der Waals surface area contributed by atoms with Gasteiger partial charge in [-0.05, 0) is 25.6 Å². The third-order valence-corrected chi connectivity index (χ3v) is 3.52. The summed E-state index contributed by atoms with van der Waals surface area (Å²) < 4.78 is 38.4. The van der Waals surface area contributed by atoms with Gasteiger partial charge >= 0.3 is 0 Å². The predicted molar refractivity (Wildman–Crippen MR) is 72.1 cm³/mol. The van der Waals surface area contributed by atoms with Crippen molar-refractivity contribution in [3.63, 3.8) is 0 Å². The Hall–Kier alpha value is -0.810. The zero-order valence-electron chi connectivity index (χ0n) is 11.8. The van der Waals surface area contributed by atoms with Crippen LogP contribution in [0.1, 0.15) is 20.3 Å². The predicted octanol–water partition coefficient (Wildman–Crippen LogP) is 3.08. The van der Waals surface area contributed by atoms with Gasteiger partial charge in [-0.15, -0.1) is 0 Å². The Bertz CT molecular complexity index is 329. The molecule has 1 fully saturated rings. The van der Waals surface area contributed by atoms with Gasteiger partial charge in [0.25, 0.3) is 6.43 Å². The third-order valence-electron chi connectivity index (χ3n) is 3.52. The number of hydrogen-bond acceptors (Lipinski definition) is 2. The fraction of sp³-hybridized carbons (Fsp3) is 0.714. The summed E-state index contributed by atoms with van der Waals surface area (Å²) >= 11 is 0. The van der Waals surface area contributed by atoms with Crippen molar-refractivity contribution in [3.05, 3.63) is 24.1 Å². The number of likely N-dealkylation sites (N-methyl/N-ethyl adjacent to an activating group) is 1. The summed E-state index contributed by atoms with van der Waals surface area (Å²) in [6.07, 6.45) is 2.94. The molecule has 0 aromatic heterocycles. The summed E-state index contributed by atoms with van der Waals surface area (Å²) in [6.45, 7) is 5.73. The summed E-state index contributed by atoms with van der Waals surface area (Å²) in [5.74, 6) is -0.235. The van der Waals surface area contributed by atoms with Crippen LogP contribution in [-0.2, 0) is 0 Å². The Morgan fingerprint density at radius 1 is 1.26 bits per heavy atom. The Morgan fingerprint density at radius 2 is 1.95 bits per heavy atom. The maximum Gasteiger partial charge on any atom is 0.255 e. The van der Waals surface area contributed by atoms with Crippen LogP contribution in [0.4, 0.5) is 13.2 Å². The number of alkyl halides is 2. The molecule has 0 saturated carbocycles. The molecule has 0 aromatic carbocycles. The molecule has 0 aromatic rings. The summed E-state index contributed by atoms with van der Waals surface area (Å²) in [4.78, 5) is 3.71. The van der Waals surface area contributed by atoms with Gasteiger partial charge < -0.3 is 0 Å². The van der Waals surface area contributed by atoms with Crippen molar-refractivity contribution in [1.29, 1.82) is 0 Å². The second-order valence-corrected chi connectivity index (χ2v) is 4.63. The third kappa shape index (κ3) is 4.35.